The van der Waals surface area contributed by atoms with Crippen LogP contribution in [-0.2, 0) is 6.61 Å². The largest absolute Gasteiger partial charge is 0.392 e. The van der Waals surface area contributed by atoms with Crippen LogP contribution in [0, 0.1) is 6.92 Å². The van der Waals surface area contributed by atoms with Crippen molar-refractivity contribution in [2.24, 2.45) is 0 Å². The number of aliphatic hydroxyl groups is 1. The van der Waals surface area contributed by atoms with Gasteiger partial charge in [-0.2, -0.15) is 0 Å². The third-order valence-corrected chi connectivity index (χ3v) is 2.52. The first-order valence-corrected chi connectivity index (χ1v) is 4.92. The van der Waals surface area contributed by atoms with Crippen LogP contribution in [0.3, 0.4) is 0 Å². The van der Waals surface area contributed by atoms with E-state index in [0.29, 0.717) is 0 Å². The summed E-state index contributed by atoms with van der Waals surface area (Å²) in [6, 6.07) is 9.99. The van der Waals surface area contributed by atoms with Gasteiger partial charge in [0, 0.05) is 18.0 Å². The number of rotatable bonds is 2. The lowest BCUT2D eigenvalue weighted by atomic mass is 9.99. The van der Waals surface area contributed by atoms with Gasteiger partial charge >= 0.3 is 0 Å². The highest BCUT2D eigenvalue weighted by Gasteiger charge is 2.06. The van der Waals surface area contributed by atoms with Crippen LogP contribution in [0.5, 0.6) is 0 Å². The van der Waals surface area contributed by atoms with Gasteiger partial charge in [-0.05, 0) is 23.6 Å². The third kappa shape index (κ3) is 1.90. The normalized spacial score (nSPS) is 10.3. The predicted molar refractivity (Wildman–Crippen MR) is 60.3 cm³/mol. The molecule has 0 unspecified atom stereocenters. The molecule has 0 atom stereocenters. The fourth-order valence-electron chi connectivity index (χ4n) is 1.67. The summed E-state index contributed by atoms with van der Waals surface area (Å²) in [5, 5.41) is 9.33. The molecular weight excluding hydrogens is 186 g/mol. The van der Waals surface area contributed by atoms with E-state index < -0.39 is 0 Å². The van der Waals surface area contributed by atoms with Crippen LogP contribution in [0.15, 0.2) is 42.7 Å². The maximum atomic E-state index is 9.33. The number of aliphatic hydroxyl groups excluding tert-OH is 1. The molecule has 1 heterocycles. The zero-order valence-corrected chi connectivity index (χ0v) is 8.64. The van der Waals surface area contributed by atoms with Crippen molar-refractivity contribution in [1.29, 1.82) is 0 Å². The van der Waals surface area contributed by atoms with Gasteiger partial charge in [0.15, 0.2) is 0 Å². The lowest BCUT2D eigenvalue weighted by Gasteiger charge is -2.09. The van der Waals surface area contributed by atoms with Gasteiger partial charge in [-0.3, -0.25) is 4.98 Å². The molecule has 0 amide bonds. The van der Waals surface area contributed by atoms with Crippen molar-refractivity contribution in [3.63, 3.8) is 0 Å². The van der Waals surface area contributed by atoms with E-state index >= 15 is 0 Å². The first-order valence-electron chi connectivity index (χ1n) is 4.92. The van der Waals surface area contributed by atoms with E-state index in [1.807, 2.05) is 37.3 Å². The summed E-state index contributed by atoms with van der Waals surface area (Å²) in [6.45, 7) is 2.02. The van der Waals surface area contributed by atoms with Crippen LogP contribution < -0.4 is 0 Å². The molecule has 0 radical (unpaired) electrons. The molecule has 2 heteroatoms. The van der Waals surface area contributed by atoms with E-state index in [1.165, 1.54) is 0 Å². The maximum Gasteiger partial charge on any atom is 0.0691 e. The van der Waals surface area contributed by atoms with E-state index in [0.717, 1.165) is 22.3 Å². The first kappa shape index (κ1) is 9.87. The molecule has 0 aliphatic heterocycles. The van der Waals surface area contributed by atoms with Crippen molar-refractivity contribution in [2.75, 3.05) is 0 Å². The van der Waals surface area contributed by atoms with Crippen molar-refractivity contribution in [2.45, 2.75) is 13.5 Å². The summed E-state index contributed by atoms with van der Waals surface area (Å²) in [4.78, 5) is 4.16. The van der Waals surface area contributed by atoms with Crippen molar-refractivity contribution < 1.29 is 5.11 Å². The number of pyridine rings is 1. The summed E-state index contributed by atoms with van der Waals surface area (Å²) >= 11 is 0. The Morgan fingerprint density at radius 2 is 1.87 bits per heavy atom. The van der Waals surface area contributed by atoms with E-state index in [1.54, 1.807) is 12.4 Å². The van der Waals surface area contributed by atoms with Crippen LogP contribution in [0.2, 0.25) is 0 Å². The Kier molecular flexibility index (Phi) is 2.79. The molecule has 0 fully saturated rings. The topological polar surface area (TPSA) is 33.1 Å². The average molecular weight is 199 g/mol. The minimum absolute atomic E-state index is 0.0541. The van der Waals surface area contributed by atoms with Crippen molar-refractivity contribution in [3.8, 4) is 11.1 Å². The molecule has 2 rings (SSSR count). The average Bonchev–Trinajstić information content (AvgIpc) is 2.30. The van der Waals surface area contributed by atoms with Gasteiger partial charge in [-0.25, -0.2) is 0 Å². The molecule has 0 aliphatic rings. The van der Waals surface area contributed by atoms with Crippen LogP contribution in [0.4, 0.5) is 0 Å². The SMILES string of the molecule is Cc1cncc(-c2ccccc2)c1CO. The molecular formula is C13H13NO. The third-order valence-electron chi connectivity index (χ3n) is 2.52. The highest BCUT2D eigenvalue weighted by atomic mass is 16.3. The minimum atomic E-state index is 0.0541. The van der Waals surface area contributed by atoms with Crippen LogP contribution in [-0.4, -0.2) is 10.1 Å². The number of aryl methyl sites for hydroxylation is 1. The van der Waals surface area contributed by atoms with Crippen molar-refractivity contribution in [3.05, 3.63) is 53.9 Å². The molecule has 1 aromatic carbocycles. The van der Waals surface area contributed by atoms with Crippen molar-refractivity contribution >= 4 is 0 Å². The fourth-order valence-corrected chi connectivity index (χ4v) is 1.67. The van der Waals surface area contributed by atoms with Gasteiger partial charge in [0.25, 0.3) is 0 Å². The Balaban J connectivity index is 2.58. The Bertz CT molecular complexity index is 451. The van der Waals surface area contributed by atoms with Gasteiger partial charge in [-0.1, -0.05) is 30.3 Å². The zero-order valence-electron chi connectivity index (χ0n) is 8.64. The molecule has 0 spiro atoms. The molecule has 1 N–H and O–H groups in total. The molecule has 0 bridgehead atoms. The van der Waals surface area contributed by atoms with Crippen LogP contribution in [0.1, 0.15) is 11.1 Å². The summed E-state index contributed by atoms with van der Waals surface area (Å²) in [5.41, 5.74) is 4.09. The van der Waals surface area contributed by atoms with Crippen LogP contribution >= 0.6 is 0 Å². The fraction of sp³-hybridized carbons (Fsp3) is 0.154. The summed E-state index contributed by atoms with van der Waals surface area (Å²) in [6.07, 6.45) is 3.58. The number of aromatic nitrogens is 1. The second-order valence-electron chi connectivity index (χ2n) is 3.51. The van der Waals surface area contributed by atoms with E-state index in [9.17, 15) is 5.11 Å². The van der Waals surface area contributed by atoms with E-state index in [2.05, 4.69) is 4.98 Å². The summed E-state index contributed by atoms with van der Waals surface area (Å²) < 4.78 is 0. The number of hydrogen-bond acceptors (Lipinski definition) is 2. The van der Waals surface area contributed by atoms with Gasteiger partial charge in [0.1, 0.15) is 0 Å². The van der Waals surface area contributed by atoms with Crippen molar-refractivity contribution in [1.82, 2.24) is 4.98 Å². The second kappa shape index (κ2) is 4.24. The molecule has 15 heavy (non-hydrogen) atoms. The number of nitrogens with zero attached hydrogens (tertiary/aromatic N) is 1. The highest BCUT2D eigenvalue weighted by molar-refractivity contribution is 5.67. The summed E-state index contributed by atoms with van der Waals surface area (Å²) in [5.74, 6) is 0. The Hall–Kier alpha value is -1.67. The van der Waals surface area contributed by atoms with E-state index in [4.69, 9.17) is 0 Å². The number of hydrogen-bond donors (Lipinski definition) is 1. The second-order valence-corrected chi connectivity index (χ2v) is 3.51. The molecule has 76 valence electrons. The quantitative estimate of drug-likeness (QED) is 0.806. The Morgan fingerprint density at radius 3 is 2.53 bits per heavy atom. The predicted octanol–water partition coefficient (Wildman–Crippen LogP) is 2.55. The van der Waals surface area contributed by atoms with Gasteiger partial charge in [0.05, 0.1) is 6.61 Å². The highest BCUT2D eigenvalue weighted by Crippen LogP contribution is 2.24. The molecule has 1 aromatic heterocycles. The van der Waals surface area contributed by atoms with Gasteiger partial charge in [0.2, 0.25) is 0 Å². The molecule has 0 saturated heterocycles. The standard InChI is InChI=1S/C13H13NO/c1-10-7-14-8-12(13(10)9-15)11-5-3-2-4-6-11/h2-8,15H,9H2,1H3. The number of benzene rings is 1. The molecule has 0 aliphatic carbocycles. The molecule has 0 saturated carbocycles. The Labute approximate surface area is 89.2 Å². The lowest BCUT2D eigenvalue weighted by Crippen LogP contribution is -1.94. The van der Waals surface area contributed by atoms with Gasteiger partial charge in [-0.15, -0.1) is 0 Å². The maximum absolute atomic E-state index is 9.33. The summed E-state index contributed by atoms with van der Waals surface area (Å²) in [7, 11) is 0. The Morgan fingerprint density at radius 1 is 1.13 bits per heavy atom. The van der Waals surface area contributed by atoms with Crippen LogP contribution in [0.25, 0.3) is 11.1 Å². The first-order chi connectivity index (χ1) is 7.33. The van der Waals surface area contributed by atoms with E-state index in [-0.39, 0.29) is 6.61 Å². The smallest absolute Gasteiger partial charge is 0.0691 e. The molecule has 2 nitrogen and oxygen atoms in total. The molecule has 2 aromatic rings. The minimum Gasteiger partial charge on any atom is -0.392 e. The zero-order chi connectivity index (χ0) is 10.7. The monoisotopic (exact) mass is 199 g/mol. The van der Waals surface area contributed by atoms with Gasteiger partial charge < -0.3 is 5.11 Å². The lowest BCUT2D eigenvalue weighted by molar-refractivity contribution is 0.281.